The molecular weight excluding hydrogens is 214 g/mol. The fraction of sp³-hybridized carbons (Fsp3) is 0.556. The van der Waals surface area contributed by atoms with Crippen LogP contribution in [0.5, 0.6) is 0 Å². The topological polar surface area (TPSA) is 37.8 Å². The number of rotatable bonds is 6. The molecule has 0 aliphatic rings. The highest BCUT2D eigenvalue weighted by Gasteiger charge is 2.01. The first-order valence-corrected chi connectivity index (χ1v) is 6.22. The van der Waals surface area contributed by atoms with Gasteiger partial charge in [-0.3, -0.25) is 0 Å². The van der Waals surface area contributed by atoms with E-state index in [4.69, 9.17) is 6.42 Å². The molecule has 0 aliphatic heterocycles. The molecule has 0 amide bonds. The summed E-state index contributed by atoms with van der Waals surface area (Å²) in [5, 5.41) is 3.13. The fourth-order valence-corrected chi connectivity index (χ4v) is 2.47. The van der Waals surface area contributed by atoms with Crippen LogP contribution in [0, 0.1) is 12.3 Å². The number of nitrogens with zero attached hydrogens (tertiary/aromatic N) is 2. The summed E-state index contributed by atoms with van der Waals surface area (Å²) in [6.07, 6.45) is 6.01. The van der Waals surface area contributed by atoms with Crippen molar-refractivity contribution < 1.29 is 0 Å². The van der Waals surface area contributed by atoms with Crippen LogP contribution >= 0.6 is 23.3 Å². The van der Waals surface area contributed by atoms with Gasteiger partial charge in [-0.25, -0.2) is 4.98 Å². The summed E-state index contributed by atoms with van der Waals surface area (Å²) in [6.45, 7) is 3.61. The molecule has 0 saturated heterocycles. The van der Waals surface area contributed by atoms with Gasteiger partial charge in [-0.1, -0.05) is 24.6 Å². The smallest absolute Gasteiger partial charge is 0.170 e. The van der Waals surface area contributed by atoms with Crippen LogP contribution < -0.4 is 5.32 Å². The second kappa shape index (κ2) is 6.82. The molecule has 0 spiro atoms. The Labute approximate surface area is 92.9 Å². The second-order valence-corrected chi connectivity index (χ2v) is 4.65. The first-order valence-electron chi connectivity index (χ1n) is 4.46. The van der Waals surface area contributed by atoms with Crippen molar-refractivity contribution >= 4 is 23.3 Å². The SMILES string of the molecule is C#CCNCCSc1nc(CC)ns1. The van der Waals surface area contributed by atoms with Crippen molar-refractivity contribution in [1.82, 2.24) is 14.7 Å². The minimum Gasteiger partial charge on any atom is -0.305 e. The number of nitrogens with one attached hydrogen (secondary N) is 1. The summed E-state index contributed by atoms with van der Waals surface area (Å²) in [4.78, 5) is 4.35. The Morgan fingerprint density at radius 3 is 3.14 bits per heavy atom. The van der Waals surface area contributed by atoms with Crippen molar-refractivity contribution in [3.8, 4) is 12.3 Å². The van der Waals surface area contributed by atoms with Gasteiger partial charge in [-0.05, 0) is 11.5 Å². The number of aryl methyl sites for hydroxylation is 1. The summed E-state index contributed by atoms with van der Waals surface area (Å²) in [5.74, 6) is 4.46. The van der Waals surface area contributed by atoms with Crippen molar-refractivity contribution in [2.24, 2.45) is 0 Å². The lowest BCUT2D eigenvalue weighted by Gasteiger charge is -1.97. The van der Waals surface area contributed by atoms with Gasteiger partial charge in [0.1, 0.15) is 5.82 Å². The van der Waals surface area contributed by atoms with Gasteiger partial charge in [0.15, 0.2) is 4.34 Å². The molecule has 1 rings (SSSR count). The Hall–Kier alpha value is -0.570. The molecule has 0 bridgehead atoms. The molecule has 1 N–H and O–H groups in total. The van der Waals surface area contributed by atoms with Crippen LogP contribution in [0.25, 0.3) is 0 Å². The summed E-state index contributed by atoms with van der Waals surface area (Å²) in [5.41, 5.74) is 0. The average Bonchev–Trinajstić information content (AvgIpc) is 2.65. The maximum absolute atomic E-state index is 5.10. The lowest BCUT2D eigenvalue weighted by Crippen LogP contribution is -2.16. The zero-order chi connectivity index (χ0) is 10.2. The van der Waals surface area contributed by atoms with Gasteiger partial charge in [0.25, 0.3) is 0 Å². The third kappa shape index (κ3) is 4.09. The molecule has 0 unspecified atom stereocenters. The van der Waals surface area contributed by atoms with E-state index in [1.165, 1.54) is 11.5 Å². The Morgan fingerprint density at radius 1 is 1.64 bits per heavy atom. The van der Waals surface area contributed by atoms with Gasteiger partial charge >= 0.3 is 0 Å². The Bertz CT molecular complexity index is 303. The Balaban J connectivity index is 2.15. The van der Waals surface area contributed by atoms with Crippen molar-refractivity contribution in [3.63, 3.8) is 0 Å². The van der Waals surface area contributed by atoms with E-state index in [0.29, 0.717) is 6.54 Å². The van der Waals surface area contributed by atoms with E-state index in [9.17, 15) is 0 Å². The molecule has 1 heterocycles. The lowest BCUT2D eigenvalue weighted by molar-refractivity contribution is 0.818. The normalized spacial score (nSPS) is 10.0. The molecule has 1 aromatic heterocycles. The van der Waals surface area contributed by atoms with Crippen LogP contribution in [-0.2, 0) is 6.42 Å². The van der Waals surface area contributed by atoms with Crippen LogP contribution in [0.4, 0.5) is 0 Å². The molecule has 0 aromatic carbocycles. The maximum Gasteiger partial charge on any atom is 0.170 e. The highest BCUT2D eigenvalue weighted by Crippen LogP contribution is 2.19. The molecule has 14 heavy (non-hydrogen) atoms. The fourth-order valence-electron chi connectivity index (χ4n) is 0.811. The highest BCUT2D eigenvalue weighted by molar-refractivity contribution is 8.00. The molecule has 0 radical (unpaired) electrons. The predicted molar refractivity (Wildman–Crippen MR) is 61.7 cm³/mol. The maximum atomic E-state index is 5.10. The number of hydrogen-bond acceptors (Lipinski definition) is 5. The van der Waals surface area contributed by atoms with Crippen molar-refractivity contribution in [2.45, 2.75) is 17.7 Å². The summed E-state index contributed by atoms with van der Waals surface area (Å²) < 4.78 is 5.25. The van der Waals surface area contributed by atoms with Gasteiger partial charge < -0.3 is 5.32 Å². The molecule has 0 fully saturated rings. The molecular formula is C9H13N3S2. The van der Waals surface area contributed by atoms with Gasteiger partial charge in [-0.2, -0.15) is 4.37 Å². The third-order valence-corrected chi connectivity index (χ3v) is 3.37. The van der Waals surface area contributed by atoms with Gasteiger partial charge in [0, 0.05) is 18.7 Å². The quantitative estimate of drug-likeness (QED) is 0.453. The molecule has 0 saturated carbocycles. The Morgan fingerprint density at radius 2 is 2.50 bits per heavy atom. The second-order valence-electron chi connectivity index (χ2n) is 2.56. The summed E-state index contributed by atoms with van der Waals surface area (Å²) in [6, 6.07) is 0. The van der Waals surface area contributed by atoms with Gasteiger partial charge in [0.2, 0.25) is 0 Å². The van der Waals surface area contributed by atoms with Crippen LogP contribution in [0.2, 0.25) is 0 Å². The van der Waals surface area contributed by atoms with E-state index >= 15 is 0 Å². The van der Waals surface area contributed by atoms with Crippen molar-refractivity contribution in [1.29, 1.82) is 0 Å². The van der Waals surface area contributed by atoms with Crippen LogP contribution in [0.15, 0.2) is 4.34 Å². The first-order chi connectivity index (χ1) is 6.86. The highest BCUT2D eigenvalue weighted by atomic mass is 32.2. The Kier molecular flexibility index (Phi) is 5.60. The molecule has 0 aliphatic carbocycles. The van der Waals surface area contributed by atoms with Gasteiger partial charge in [0.05, 0.1) is 6.54 Å². The van der Waals surface area contributed by atoms with Crippen LogP contribution in [0.1, 0.15) is 12.7 Å². The van der Waals surface area contributed by atoms with E-state index in [2.05, 4.69) is 27.5 Å². The van der Waals surface area contributed by atoms with E-state index < -0.39 is 0 Å². The van der Waals surface area contributed by atoms with Crippen molar-refractivity contribution in [3.05, 3.63) is 5.82 Å². The van der Waals surface area contributed by atoms with Gasteiger partial charge in [-0.15, -0.1) is 6.42 Å². The molecule has 1 aromatic rings. The summed E-state index contributed by atoms with van der Waals surface area (Å²) >= 11 is 3.19. The zero-order valence-electron chi connectivity index (χ0n) is 8.12. The standard InChI is InChI=1S/C9H13N3S2/c1-3-5-10-6-7-13-9-11-8(4-2)12-14-9/h1,10H,4-7H2,2H3. The van der Waals surface area contributed by atoms with Crippen LogP contribution in [0.3, 0.4) is 0 Å². The average molecular weight is 227 g/mol. The first kappa shape index (κ1) is 11.5. The largest absolute Gasteiger partial charge is 0.305 e. The molecule has 3 nitrogen and oxygen atoms in total. The molecule has 76 valence electrons. The molecule has 0 atom stereocenters. The number of hydrogen-bond donors (Lipinski definition) is 1. The predicted octanol–water partition coefficient (Wildman–Crippen LogP) is 1.42. The molecule has 5 heteroatoms. The van der Waals surface area contributed by atoms with Crippen LogP contribution in [-0.4, -0.2) is 28.2 Å². The zero-order valence-corrected chi connectivity index (χ0v) is 9.75. The van der Waals surface area contributed by atoms with E-state index in [-0.39, 0.29) is 0 Å². The third-order valence-electron chi connectivity index (χ3n) is 1.50. The minimum atomic E-state index is 0.636. The van der Waals surface area contributed by atoms with Crippen molar-refractivity contribution in [2.75, 3.05) is 18.8 Å². The monoisotopic (exact) mass is 227 g/mol. The minimum absolute atomic E-state index is 0.636. The number of terminal acetylenes is 1. The van der Waals surface area contributed by atoms with E-state index in [1.54, 1.807) is 11.8 Å². The number of thioether (sulfide) groups is 1. The van der Waals surface area contributed by atoms with E-state index in [1.807, 2.05) is 0 Å². The van der Waals surface area contributed by atoms with E-state index in [0.717, 1.165) is 28.9 Å². The number of aromatic nitrogens is 2. The summed E-state index contributed by atoms with van der Waals surface area (Å²) in [7, 11) is 0. The lowest BCUT2D eigenvalue weighted by atomic mass is 10.5.